The van der Waals surface area contributed by atoms with Gasteiger partial charge >= 0.3 is 0 Å². The van der Waals surface area contributed by atoms with Crippen LogP contribution in [0, 0.1) is 24.7 Å². The summed E-state index contributed by atoms with van der Waals surface area (Å²) in [6.07, 6.45) is 14.5. The average Bonchev–Trinajstić information content (AvgIpc) is 2.60. The molecule has 0 aliphatic carbocycles. The van der Waals surface area contributed by atoms with Gasteiger partial charge in [-0.3, -0.25) is 9.97 Å². The van der Waals surface area contributed by atoms with Gasteiger partial charge in [-0.2, -0.15) is 0 Å². The topological polar surface area (TPSA) is 51.6 Å². The molecule has 0 amide bonds. The average molecular weight is 280 g/mol. The normalized spacial score (nSPS) is 10.6. The smallest absolute Gasteiger partial charge is 0.148 e. The minimum absolute atomic E-state index is 0.364. The fraction of sp³-hybridized carbons (Fsp3) is 0. The number of rotatable bonds is 0. The molecule has 22 heavy (non-hydrogen) atoms. The van der Waals surface area contributed by atoms with Crippen molar-refractivity contribution >= 4 is 32.8 Å². The van der Waals surface area contributed by atoms with Gasteiger partial charge in [0.05, 0.1) is 11.0 Å². The van der Waals surface area contributed by atoms with Crippen LogP contribution in [0.1, 0.15) is 11.4 Å². The maximum atomic E-state index is 5.50. The van der Waals surface area contributed by atoms with Gasteiger partial charge in [0.25, 0.3) is 0 Å². The van der Waals surface area contributed by atoms with Crippen LogP contribution in [-0.4, -0.2) is 19.9 Å². The molecule has 1 aromatic carbocycles. The van der Waals surface area contributed by atoms with Crippen molar-refractivity contribution in [2.75, 3.05) is 0 Å². The standard InChI is InChI=1S/C18H8N4/c1-3-13-14(4-2)22-18-12-8-6-10-20-16(12)15-11(17(18)21-13)7-5-9-19-15/h1-2,5-10H. The Balaban J connectivity index is 2.39. The molecule has 4 nitrogen and oxygen atoms in total. The molecule has 0 saturated carbocycles. The van der Waals surface area contributed by atoms with Crippen LogP contribution in [0.2, 0.25) is 0 Å². The summed E-state index contributed by atoms with van der Waals surface area (Å²) in [7, 11) is 0. The molecule has 0 aliphatic rings. The third kappa shape index (κ3) is 1.55. The van der Waals surface area contributed by atoms with Crippen LogP contribution in [0.3, 0.4) is 0 Å². The number of aromatic nitrogens is 4. The van der Waals surface area contributed by atoms with Crippen molar-refractivity contribution < 1.29 is 0 Å². The minimum atomic E-state index is 0.364. The van der Waals surface area contributed by atoms with Gasteiger partial charge in [-0.25, -0.2) is 9.97 Å². The quantitative estimate of drug-likeness (QED) is 0.367. The SMILES string of the molecule is C#Cc1nc2c3cccnc3c3ncccc3c2nc1C#C. The largest absolute Gasteiger partial charge is 0.254 e. The second-order valence-electron chi connectivity index (χ2n) is 4.71. The molecule has 0 spiro atoms. The van der Waals surface area contributed by atoms with Crippen molar-refractivity contribution in [2.24, 2.45) is 0 Å². The first-order valence-electron chi connectivity index (χ1n) is 6.60. The number of hydrogen-bond donors (Lipinski definition) is 0. The van der Waals surface area contributed by atoms with E-state index in [4.69, 9.17) is 12.8 Å². The first-order valence-corrected chi connectivity index (χ1v) is 6.60. The molecule has 4 heteroatoms. The molecule has 3 aromatic heterocycles. The zero-order valence-corrected chi connectivity index (χ0v) is 11.4. The minimum Gasteiger partial charge on any atom is -0.254 e. The molecule has 100 valence electrons. The van der Waals surface area contributed by atoms with Crippen molar-refractivity contribution in [2.45, 2.75) is 0 Å². The Kier molecular flexibility index (Phi) is 2.51. The molecular formula is C18H8N4. The van der Waals surface area contributed by atoms with Crippen molar-refractivity contribution in [3.8, 4) is 24.7 Å². The highest BCUT2D eigenvalue weighted by atomic mass is 14.8. The van der Waals surface area contributed by atoms with E-state index in [0.717, 1.165) is 21.8 Å². The number of hydrogen-bond acceptors (Lipinski definition) is 4. The van der Waals surface area contributed by atoms with Gasteiger partial charge in [0.2, 0.25) is 0 Å². The van der Waals surface area contributed by atoms with Gasteiger partial charge in [-0.15, -0.1) is 12.8 Å². The van der Waals surface area contributed by atoms with E-state index in [1.165, 1.54) is 0 Å². The molecule has 0 atom stereocenters. The van der Waals surface area contributed by atoms with E-state index in [-0.39, 0.29) is 0 Å². The van der Waals surface area contributed by atoms with Crippen LogP contribution in [0.4, 0.5) is 0 Å². The zero-order valence-electron chi connectivity index (χ0n) is 11.4. The summed E-state index contributed by atoms with van der Waals surface area (Å²) in [6.45, 7) is 0. The fourth-order valence-electron chi connectivity index (χ4n) is 2.58. The van der Waals surface area contributed by atoms with Crippen molar-refractivity contribution in [3.05, 3.63) is 48.0 Å². The molecule has 0 aliphatic heterocycles. The van der Waals surface area contributed by atoms with Gasteiger partial charge in [-0.1, -0.05) is 0 Å². The zero-order chi connectivity index (χ0) is 15.1. The van der Waals surface area contributed by atoms with Crippen LogP contribution < -0.4 is 0 Å². The summed E-state index contributed by atoms with van der Waals surface area (Å²) < 4.78 is 0. The maximum absolute atomic E-state index is 5.50. The summed E-state index contributed by atoms with van der Waals surface area (Å²) >= 11 is 0. The second-order valence-corrected chi connectivity index (χ2v) is 4.71. The van der Waals surface area contributed by atoms with Crippen molar-refractivity contribution in [1.29, 1.82) is 0 Å². The van der Waals surface area contributed by atoms with Gasteiger partial charge in [0.1, 0.15) is 22.4 Å². The first-order chi connectivity index (χ1) is 10.8. The lowest BCUT2D eigenvalue weighted by Crippen LogP contribution is -1.98. The summed E-state index contributed by atoms with van der Waals surface area (Å²) in [5.41, 5.74) is 3.66. The van der Waals surface area contributed by atoms with E-state index in [1.54, 1.807) is 12.4 Å². The summed E-state index contributed by atoms with van der Waals surface area (Å²) in [5, 5.41) is 1.72. The lowest BCUT2D eigenvalue weighted by Gasteiger charge is -2.08. The lowest BCUT2D eigenvalue weighted by molar-refractivity contribution is 1.24. The molecule has 0 N–H and O–H groups in total. The molecular weight excluding hydrogens is 272 g/mol. The van der Waals surface area contributed by atoms with Gasteiger partial charge in [-0.05, 0) is 36.1 Å². The van der Waals surface area contributed by atoms with Crippen molar-refractivity contribution in [1.82, 2.24) is 19.9 Å². The van der Waals surface area contributed by atoms with Crippen LogP contribution in [0.25, 0.3) is 32.8 Å². The fourth-order valence-corrected chi connectivity index (χ4v) is 2.58. The van der Waals surface area contributed by atoms with Crippen LogP contribution in [-0.2, 0) is 0 Å². The molecule has 4 aromatic rings. The molecule has 4 rings (SSSR count). The van der Waals surface area contributed by atoms with E-state index in [1.807, 2.05) is 24.3 Å². The van der Waals surface area contributed by atoms with E-state index in [9.17, 15) is 0 Å². The van der Waals surface area contributed by atoms with E-state index >= 15 is 0 Å². The predicted octanol–water partition coefficient (Wildman–Crippen LogP) is 2.69. The van der Waals surface area contributed by atoms with E-state index in [0.29, 0.717) is 22.4 Å². The first kappa shape index (κ1) is 12.3. The Morgan fingerprint density at radius 3 is 1.55 bits per heavy atom. The number of terminal acetylenes is 2. The third-order valence-corrected chi connectivity index (χ3v) is 3.52. The third-order valence-electron chi connectivity index (χ3n) is 3.52. The Morgan fingerprint density at radius 2 is 1.14 bits per heavy atom. The number of nitrogens with zero attached hydrogens (tertiary/aromatic N) is 4. The number of fused-ring (bicyclic) bond motifs is 6. The van der Waals surface area contributed by atoms with Gasteiger partial charge in [0.15, 0.2) is 0 Å². The Morgan fingerprint density at radius 1 is 0.682 bits per heavy atom. The van der Waals surface area contributed by atoms with E-state index in [2.05, 4.69) is 31.8 Å². The Labute approximate surface area is 126 Å². The second kappa shape index (κ2) is 4.51. The predicted molar refractivity (Wildman–Crippen MR) is 86.0 cm³/mol. The molecule has 0 unspecified atom stereocenters. The molecule has 0 fully saturated rings. The number of benzene rings is 1. The molecule has 0 saturated heterocycles. The summed E-state index contributed by atoms with van der Waals surface area (Å²) in [6, 6.07) is 7.57. The maximum Gasteiger partial charge on any atom is 0.148 e. The van der Waals surface area contributed by atoms with Crippen LogP contribution >= 0.6 is 0 Å². The molecule has 0 radical (unpaired) electrons. The van der Waals surface area contributed by atoms with Crippen molar-refractivity contribution in [3.63, 3.8) is 0 Å². The highest BCUT2D eigenvalue weighted by Crippen LogP contribution is 2.30. The lowest BCUT2D eigenvalue weighted by atomic mass is 10.1. The number of pyridine rings is 2. The highest BCUT2D eigenvalue weighted by molar-refractivity contribution is 6.20. The van der Waals surface area contributed by atoms with Gasteiger partial charge in [0, 0.05) is 23.2 Å². The van der Waals surface area contributed by atoms with Crippen LogP contribution in [0.5, 0.6) is 0 Å². The Hall–Kier alpha value is -3.50. The van der Waals surface area contributed by atoms with Crippen LogP contribution in [0.15, 0.2) is 36.7 Å². The highest BCUT2D eigenvalue weighted by Gasteiger charge is 2.14. The monoisotopic (exact) mass is 280 g/mol. The van der Waals surface area contributed by atoms with E-state index < -0.39 is 0 Å². The summed E-state index contributed by atoms with van der Waals surface area (Å²) in [5.74, 6) is 5.00. The molecule has 3 heterocycles. The molecule has 0 bridgehead atoms. The Bertz CT molecular complexity index is 1050. The summed E-state index contributed by atoms with van der Waals surface area (Å²) in [4.78, 5) is 17.9. The van der Waals surface area contributed by atoms with Gasteiger partial charge < -0.3 is 0 Å².